The number of carboxylic acids is 1. The molecule has 2 rings (SSSR count). The molecule has 1 aromatic carbocycles. The number of rotatable bonds is 5. The SMILES string of the molecule is O=C(O)C(NCc1cncs1)c1ccccc1. The summed E-state index contributed by atoms with van der Waals surface area (Å²) in [5.41, 5.74) is 2.49. The molecule has 0 saturated heterocycles. The van der Waals surface area contributed by atoms with Gasteiger partial charge in [0.25, 0.3) is 0 Å². The van der Waals surface area contributed by atoms with Crippen LogP contribution in [0.2, 0.25) is 0 Å². The largest absolute Gasteiger partial charge is 0.480 e. The minimum Gasteiger partial charge on any atom is -0.480 e. The lowest BCUT2D eigenvalue weighted by Gasteiger charge is -2.13. The van der Waals surface area contributed by atoms with Crippen molar-refractivity contribution < 1.29 is 9.90 Å². The Balaban J connectivity index is 2.06. The Hall–Kier alpha value is -1.72. The van der Waals surface area contributed by atoms with E-state index < -0.39 is 12.0 Å². The molecule has 0 bridgehead atoms. The van der Waals surface area contributed by atoms with E-state index in [1.807, 2.05) is 18.2 Å². The monoisotopic (exact) mass is 248 g/mol. The van der Waals surface area contributed by atoms with Crippen LogP contribution in [0, 0.1) is 0 Å². The van der Waals surface area contributed by atoms with E-state index in [4.69, 9.17) is 0 Å². The van der Waals surface area contributed by atoms with Gasteiger partial charge in [-0.2, -0.15) is 0 Å². The summed E-state index contributed by atoms with van der Waals surface area (Å²) in [6, 6.07) is 8.46. The first kappa shape index (κ1) is 11.8. The molecule has 17 heavy (non-hydrogen) atoms. The molecule has 0 radical (unpaired) electrons. The van der Waals surface area contributed by atoms with Gasteiger partial charge in [-0.3, -0.25) is 15.1 Å². The molecule has 0 fully saturated rings. The smallest absolute Gasteiger partial charge is 0.325 e. The normalized spacial score (nSPS) is 12.2. The summed E-state index contributed by atoms with van der Waals surface area (Å²) in [5, 5.41) is 12.2. The van der Waals surface area contributed by atoms with Gasteiger partial charge in [-0.05, 0) is 5.56 Å². The highest BCUT2D eigenvalue weighted by Gasteiger charge is 2.18. The average molecular weight is 248 g/mol. The van der Waals surface area contributed by atoms with Gasteiger partial charge in [0.15, 0.2) is 0 Å². The topological polar surface area (TPSA) is 62.2 Å². The molecule has 0 spiro atoms. The van der Waals surface area contributed by atoms with Gasteiger partial charge in [-0.25, -0.2) is 0 Å². The number of aliphatic carboxylic acids is 1. The maximum Gasteiger partial charge on any atom is 0.325 e. The average Bonchev–Trinajstić information content (AvgIpc) is 2.83. The molecule has 2 N–H and O–H groups in total. The Morgan fingerprint density at radius 2 is 2.18 bits per heavy atom. The molecule has 1 unspecified atom stereocenters. The summed E-state index contributed by atoms with van der Waals surface area (Å²) in [5.74, 6) is -0.874. The molecule has 88 valence electrons. The van der Waals surface area contributed by atoms with E-state index in [2.05, 4.69) is 10.3 Å². The fourth-order valence-corrected chi connectivity index (χ4v) is 2.07. The first-order valence-corrected chi connectivity index (χ1v) is 6.04. The van der Waals surface area contributed by atoms with Gasteiger partial charge in [0, 0.05) is 17.6 Å². The van der Waals surface area contributed by atoms with E-state index in [-0.39, 0.29) is 0 Å². The number of nitrogens with zero attached hydrogens (tertiary/aromatic N) is 1. The van der Waals surface area contributed by atoms with Crippen LogP contribution in [0.5, 0.6) is 0 Å². The van der Waals surface area contributed by atoms with Crippen molar-refractivity contribution in [3.05, 3.63) is 52.5 Å². The summed E-state index contributed by atoms with van der Waals surface area (Å²) < 4.78 is 0. The zero-order valence-electron chi connectivity index (χ0n) is 9.04. The molecular formula is C12H12N2O2S. The Morgan fingerprint density at radius 3 is 2.76 bits per heavy atom. The van der Waals surface area contributed by atoms with E-state index in [1.165, 1.54) is 11.3 Å². The van der Waals surface area contributed by atoms with Crippen LogP contribution >= 0.6 is 11.3 Å². The molecule has 2 aromatic rings. The molecule has 1 heterocycles. The van der Waals surface area contributed by atoms with E-state index >= 15 is 0 Å². The third kappa shape index (κ3) is 3.12. The summed E-state index contributed by atoms with van der Waals surface area (Å²) >= 11 is 1.51. The zero-order valence-corrected chi connectivity index (χ0v) is 9.85. The predicted octanol–water partition coefficient (Wildman–Crippen LogP) is 2.06. The maximum absolute atomic E-state index is 11.2. The minimum atomic E-state index is -0.874. The standard InChI is InChI=1S/C12H12N2O2S/c15-12(16)11(9-4-2-1-3-5-9)14-7-10-6-13-8-17-10/h1-6,8,11,14H,7H2,(H,15,16). The highest BCUT2D eigenvalue weighted by atomic mass is 32.1. The second kappa shape index (κ2) is 5.56. The summed E-state index contributed by atoms with van der Waals surface area (Å²) in [6.45, 7) is 0.510. The second-order valence-electron chi connectivity index (χ2n) is 3.53. The Morgan fingerprint density at radius 1 is 1.41 bits per heavy atom. The molecular weight excluding hydrogens is 236 g/mol. The second-order valence-corrected chi connectivity index (χ2v) is 4.50. The molecule has 0 aliphatic carbocycles. The van der Waals surface area contributed by atoms with Crippen LogP contribution < -0.4 is 5.32 Å². The lowest BCUT2D eigenvalue weighted by molar-refractivity contribution is -0.139. The number of nitrogens with one attached hydrogen (secondary N) is 1. The van der Waals surface area contributed by atoms with Crippen molar-refractivity contribution >= 4 is 17.3 Å². The van der Waals surface area contributed by atoms with Gasteiger partial charge >= 0.3 is 5.97 Å². The molecule has 4 nitrogen and oxygen atoms in total. The quantitative estimate of drug-likeness (QED) is 0.850. The first-order chi connectivity index (χ1) is 8.27. The van der Waals surface area contributed by atoms with Crippen molar-refractivity contribution in [2.75, 3.05) is 0 Å². The van der Waals surface area contributed by atoms with Gasteiger partial charge in [-0.1, -0.05) is 30.3 Å². The van der Waals surface area contributed by atoms with Crippen LogP contribution in [-0.4, -0.2) is 16.1 Å². The van der Waals surface area contributed by atoms with E-state index in [1.54, 1.807) is 23.8 Å². The highest BCUT2D eigenvalue weighted by molar-refractivity contribution is 7.09. The van der Waals surface area contributed by atoms with Crippen LogP contribution in [0.4, 0.5) is 0 Å². The van der Waals surface area contributed by atoms with Crippen molar-refractivity contribution in [1.29, 1.82) is 0 Å². The number of aromatic nitrogens is 1. The van der Waals surface area contributed by atoms with Crippen molar-refractivity contribution in [2.24, 2.45) is 0 Å². The zero-order chi connectivity index (χ0) is 12.1. The molecule has 1 aromatic heterocycles. The fourth-order valence-electron chi connectivity index (χ4n) is 1.53. The van der Waals surface area contributed by atoms with Crippen molar-refractivity contribution in [2.45, 2.75) is 12.6 Å². The van der Waals surface area contributed by atoms with Crippen LogP contribution in [-0.2, 0) is 11.3 Å². The van der Waals surface area contributed by atoms with Crippen LogP contribution in [0.3, 0.4) is 0 Å². The third-order valence-corrected chi connectivity index (χ3v) is 3.12. The van der Waals surface area contributed by atoms with Crippen LogP contribution in [0.25, 0.3) is 0 Å². The highest BCUT2D eigenvalue weighted by Crippen LogP contribution is 2.14. The van der Waals surface area contributed by atoms with Crippen LogP contribution in [0.1, 0.15) is 16.5 Å². The van der Waals surface area contributed by atoms with Crippen molar-refractivity contribution in [3.63, 3.8) is 0 Å². The van der Waals surface area contributed by atoms with E-state index in [0.29, 0.717) is 6.54 Å². The number of benzene rings is 1. The van der Waals surface area contributed by atoms with Crippen molar-refractivity contribution in [3.8, 4) is 0 Å². The van der Waals surface area contributed by atoms with Crippen LogP contribution in [0.15, 0.2) is 42.0 Å². The number of hydrogen-bond donors (Lipinski definition) is 2. The van der Waals surface area contributed by atoms with Gasteiger partial charge in [-0.15, -0.1) is 11.3 Å². The Bertz CT molecular complexity index is 471. The van der Waals surface area contributed by atoms with E-state index in [9.17, 15) is 9.90 Å². The maximum atomic E-state index is 11.2. The molecule has 0 amide bonds. The Kier molecular flexibility index (Phi) is 3.85. The molecule has 0 aliphatic heterocycles. The van der Waals surface area contributed by atoms with Gasteiger partial charge in [0.1, 0.15) is 6.04 Å². The molecule has 1 atom stereocenters. The van der Waals surface area contributed by atoms with E-state index in [0.717, 1.165) is 10.4 Å². The number of carboxylic acid groups (broad SMARTS) is 1. The fraction of sp³-hybridized carbons (Fsp3) is 0.167. The number of thiazole rings is 1. The molecule has 5 heteroatoms. The lowest BCUT2D eigenvalue weighted by Crippen LogP contribution is -2.27. The van der Waals surface area contributed by atoms with Crippen molar-refractivity contribution in [1.82, 2.24) is 10.3 Å². The van der Waals surface area contributed by atoms with Gasteiger partial charge in [0.2, 0.25) is 0 Å². The predicted molar refractivity (Wildman–Crippen MR) is 65.8 cm³/mol. The third-order valence-electron chi connectivity index (χ3n) is 2.34. The first-order valence-electron chi connectivity index (χ1n) is 5.16. The Labute approximate surface area is 103 Å². The molecule has 0 aliphatic rings. The number of hydrogen-bond acceptors (Lipinski definition) is 4. The summed E-state index contributed by atoms with van der Waals surface area (Å²) in [6.07, 6.45) is 1.74. The lowest BCUT2D eigenvalue weighted by atomic mass is 10.1. The number of carbonyl (C=O) groups is 1. The minimum absolute atomic E-state index is 0.510. The summed E-state index contributed by atoms with van der Waals surface area (Å²) in [4.78, 5) is 16.2. The van der Waals surface area contributed by atoms with Gasteiger partial charge in [0.05, 0.1) is 5.51 Å². The van der Waals surface area contributed by atoms with Gasteiger partial charge < -0.3 is 5.11 Å². The summed E-state index contributed by atoms with van der Waals surface area (Å²) in [7, 11) is 0. The molecule has 0 saturated carbocycles.